The molecule has 2 aromatic carbocycles. The van der Waals surface area contributed by atoms with E-state index < -0.39 is 0 Å². The van der Waals surface area contributed by atoms with Gasteiger partial charge in [-0.05, 0) is 41.8 Å². The molecule has 1 heteroatoms. The van der Waals surface area contributed by atoms with E-state index in [-0.39, 0.29) is 0 Å². The van der Waals surface area contributed by atoms with Gasteiger partial charge in [0, 0.05) is 6.04 Å². The lowest BCUT2D eigenvalue weighted by atomic mass is 9.88. The number of fused-ring (bicyclic) bond motifs is 1. The summed E-state index contributed by atoms with van der Waals surface area (Å²) < 4.78 is 0. The van der Waals surface area contributed by atoms with Crippen LogP contribution in [0.3, 0.4) is 0 Å². The monoisotopic (exact) mass is 227 g/mol. The molecule has 2 aromatic rings. The van der Waals surface area contributed by atoms with E-state index >= 15 is 0 Å². The van der Waals surface area contributed by atoms with E-state index in [0.717, 1.165) is 0 Å². The fourth-order valence-electron chi connectivity index (χ4n) is 2.63. The first-order valence-electron chi connectivity index (χ1n) is 6.30. The lowest BCUT2D eigenvalue weighted by Gasteiger charge is -2.24. The van der Waals surface area contributed by atoms with Crippen LogP contribution in [0.2, 0.25) is 0 Å². The molecule has 1 nitrogen and oxygen atoms in total. The third-order valence-corrected chi connectivity index (χ3v) is 3.48. The van der Waals surface area contributed by atoms with Crippen molar-refractivity contribution in [3.63, 3.8) is 0 Å². The molecule has 17 heavy (non-hydrogen) atoms. The van der Waals surface area contributed by atoms with E-state index in [2.05, 4.69) is 62.5 Å². The third-order valence-electron chi connectivity index (χ3n) is 3.48. The van der Waals surface area contributed by atoms with Crippen LogP contribution >= 0.6 is 0 Å². The molecule has 1 N–H and O–H groups in total. The van der Waals surface area contributed by atoms with Gasteiger partial charge in [-0.15, -0.1) is 0 Å². The second-order valence-electron chi connectivity index (χ2n) is 5.03. The molecule has 1 atom stereocenters. The first kappa shape index (κ1) is 12.1. The van der Waals surface area contributed by atoms with Crippen molar-refractivity contribution in [1.82, 2.24) is 5.32 Å². The summed E-state index contributed by atoms with van der Waals surface area (Å²) in [6, 6.07) is 13.5. The Labute approximate surface area is 104 Å². The van der Waals surface area contributed by atoms with E-state index in [1.54, 1.807) is 0 Å². The number of benzene rings is 2. The van der Waals surface area contributed by atoms with Gasteiger partial charge in [0.2, 0.25) is 0 Å². The Kier molecular flexibility index (Phi) is 3.49. The van der Waals surface area contributed by atoms with Crippen LogP contribution in [0, 0.1) is 12.8 Å². The largest absolute Gasteiger partial charge is 0.313 e. The van der Waals surface area contributed by atoms with E-state index in [0.29, 0.717) is 12.0 Å². The maximum atomic E-state index is 3.45. The number of nitrogens with one attached hydrogen (secondary N) is 1. The van der Waals surface area contributed by atoms with Crippen molar-refractivity contribution in [3.05, 3.63) is 47.5 Å². The minimum Gasteiger partial charge on any atom is -0.313 e. The molecule has 0 radical (unpaired) electrons. The minimum atomic E-state index is 0.418. The third kappa shape index (κ3) is 2.20. The lowest BCUT2D eigenvalue weighted by molar-refractivity contribution is 0.444. The predicted molar refractivity (Wildman–Crippen MR) is 75.3 cm³/mol. The zero-order valence-corrected chi connectivity index (χ0v) is 11.1. The molecule has 0 saturated heterocycles. The van der Waals surface area contributed by atoms with Crippen molar-refractivity contribution < 1.29 is 0 Å². The maximum Gasteiger partial charge on any atom is 0.0349 e. The Balaban J connectivity index is 2.69. The van der Waals surface area contributed by atoms with Crippen LogP contribution in [0.5, 0.6) is 0 Å². The van der Waals surface area contributed by atoms with Crippen LogP contribution < -0.4 is 5.32 Å². The van der Waals surface area contributed by atoms with Gasteiger partial charge in [-0.2, -0.15) is 0 Å². The standard InChI is InChI=1S/C16H21N/c1-11(2)16(17-4)15-12(3)9-10-13-7-5-6-8-14(13)15/h5-11,16-17H,1-4H3. The number of hydrogen-bond acceptors (Lipinski definition) is 1. The van der Waals surface area contributed by atoms with Crippen molar-refractivity contribution in [2.75, 3.05) is 7.05 Å². The summed E-state index contributed by atoms with van der Waals surface area (Å²) in [5, 5.41) is 6.15. The molecule has 1 unspecified atom stereocenters. The van der Waals surface area contributed by atoms with E-state index in [1.165, 1.54) is 21.9 Å². The second kappa shape index (κ2) is 4.89. The van der Waals surface area contributed by atoms with Gasteiger partial charge in [-0.3, -0.25) is 0 Å². The smallest absolute Gasteiger partial charge is 0.0349 e. The van der Waals surface area contributed by atoms with Crippen LogP contribution in [0.4, 0.5) is 0 Å². The topological polar surface area (TPSA) is 12.0 Å². The maximum absolute atomic E-state index is 3.45. The normalized spacial score (nSPS) is 13.2. The number of aryl methyl sites for hydroxylation is 1. The van der Waals surface area contributed by atoms with Gasteiger partial charge in [0.1, 0.15) is 0 Å². The Morgan fingerprint density at radius 3 is 2.35 bits per heavy atom. The van der Waals surface area contributed by atoms with Gasteiger partial charge in [-0.25, -0.2) is 0 Å². The highest BCUT2D eigenvalue weighted by Crippen LogP contribution is 2.31. The summed E-state index contributed by atoms with van der Waals surface area (Å²) in [4.78, 5) is 0. The summed E-state index contributed by atoms with van der Waals surface area (Å²) >= 11 is 0. The van der Waals surface area contributed by atoms with Crippen molar-refractivity contribution in [2.45, 2.75) is 26.8 Å². The van der Waals surface area contributed by atoms with Crippen molar-refractivity contribution >= 4 is 10.8 Å². The average Bonchev–Trinajstić information content (AvgIpc) is 2.32. The zero-order chi connectivity index (χ0) is 12.4. The first-order chi connectivity index (χ1) is 8.15. The lowest BCUT2D eigenvalue weighted by Crippen LogP contribution is -2.22. The van der Waals surface area contributed by atoms with Crippen LogP contribution in [0.25, 0.3) is 10.8 Å². The Bertz CT molecular complexity index is 514. The molecule has 90 valence electrons. The molecule has 0 amide bonds. The molecule has 0 spiro atoms. The fourth-order valence-corrected chi connectivity index (χ4v) is 2.63. The van der Waals surface area contributed by atoms with Crippen LogP contribution in [0.1, 0.15) is 31.0 Å². The summed E-state index contributed by atoms with van der Waals surface area (Å²) in [5.74, 6) is 0.588. The molecule has 2 rings (SSSR count). The summed E-state index contributed by atoms with van der Waals surface area (Å²) in [6.07, 6.45) is 0. The van der Waals surface area contributed by atoms with E-state index in [9.17, 15) is 0 Å². The number of hydrogen-bond donors (Lipinski definition) is 1. The fraction of sp³-hybridized carbons (Fsp3) is 0.375. The average molecular weight is 227 g/mol. The summed E-state index contributed by atoms with van der Waals surface area (Å²) in [6.45, 7) is 6.74. The van der Waals surface area contributed by atoms with Gasteiger partial charge < -0.3 is 5.32 Å². The SMILES string of the molecule is CNC(c1c(C)ccc2ccccc12)C(C)C. The molecule has 0 aliphatic rings. The van der Waals surface area contributed by atoms with Crippen LogP contribution in [0.15, 0.2) is 36.4 Å². The Hall–Kier alpha value is -1.34. The van der Waals surface area contributed by atoms with E-state index in [4.69, 9.17) is 0 Å². The molecular formula is C16H21N. The van der Waals surface area contributed by atoms with Gasteiger partial charge in [0.15, 0.2) is 0 Å². The molecule has 0 bridgehead atoms. The van der Waals surface area contributed by atoms with Gasteiger partial charge in [0.25, 0.3) is 0 Å². The van der Waals surface area contributed by atoms with Gasteiger partial charge >= 0.3 is 0 Å². The van der Waals surface area contributed by atoms with Crippen molar-refractivity contribution in [1.29, 1.82) is 0 Å². The van der Waals surface area contributed by atoms with E-state index in [1.807, 2.05) is 7.05 Å². The Morgan fingerprint density at radius 1 is 1.00 bits per heavy atom. The highest BCUT2D eigenvalue weighted by Gasteiger charge is 2.17. The highest BCUT2D eigenvalue weighted by molar-refractivity contribution is 5.87. The minimum absolute atomic E-state index is 0.418. The molecule has 0 aliphatic heterocycles. The molecular weight excluding hydrogens is 206 g/mol. The molecule has 0 aliphatic carbocycles. The summed E-state index contributed by atoms with van der Waals surface area (Å²) in [7, 11) is 2.05. The molecule has 0 saturated carbocycles. The predicted octanol–water partition coefficient (Wildman–Crippen LogP) is 4.06. The Morgan fingerprint density at radius 2 is 1.71 bits per heavy atom. The van der Waals surface area contributed by atoms with Gasteiger partial charge in [0.05, 0.1) is 0 Å². The molecule has 0 aromatic heterocycles. The first-order valence-corrected chi connectivity index (χ1v) is 6.30. The van der Waals surface area contributed by atoms with Gasteiger partial charge in [-0.1, -0.05) is 50.2 Å². The molecule has 0 fully saturated rings. The molecule has 0 heterocycles. The second-order valence-corrected chi connectivity index (χ2v) is 5.03. The zero-order valence-electron chi connectivity index (χ0n) is 11.1. The van der Waals surface area contributed by atoms with Crippen LogP contribution in [-0.4, -0.2) is 7.05 Å². The van der Waals surface area contributed by atoms with Crippen LogP contribution in [-0.2, 0) is 0 Å². The summed E-state index contributed by atoms with van der Waals surface area (Å²) in [5.41, 5.74) is 2.82. The van der Waals surface area contributed by atoms with Crippen molar-refractivity contribution in [2.24, 2.45) is 5.92 Å². The number of rotatable bonds is 3. The quantitative estimate of drug-likeness (QED) is 0.833. The van der Waals surface area contributed by atoms with Crippen molar-refractivity contribution in [3.8, 4) is 0 Å². The highest BCUT2D eigenvalue weighted by atomic mass is 14.9.